The lowest BCUT2D eigenvalue weighted by Gasteiger charge is -2.26. The lowest BCUT2D eigenvalue weighted by Crippen LogP contribution is -2.16. The molecule has 2 heteroatoms. The van der Waals surface area contributed by atoms with Gasteiger partial charge in [-0.3, -0.25) is 4.79 Å². The van der Waals surface area contributed by atoms with E-state index in [1.165, 1.54) is 16.7 Å². The average Bonchev–Trinajstić information content (AvgIpc) is 2.77. The molecule has 0 fully saturated rings. The van der Waals surface area contributed by atoms with Crippen LogP contribution in [0, 0.1) is 6.92 Å². The zero-order valence-electron chi connectivity index (χ0n) is 13.0. The standard InChI is InChI=1S/C19H20O2/c1-12-15(13-8-6-5-7-9-13)10-14-11-16(20)21-18(14)17(12)19(2,3)4/h5-10H,11H2,1-4H3. The fourth-order valence-corrected chi connectivity index (χ4v) is 3.19. The van der Waals surface area contributed by atoms with E-state index in [0.29, 0.717) is 6.42 Å². The number of rotatable bonds is 1. The molecule has 1 aliphatic heterocycles. The molecule has 0 aliphatic carbocycles. The van der Waals surface area contributed by atoms with Gasteiger partial charge in [0.05, 0.1) is 6.42 Å². The summed E-state index contributed by atoms with van der Waals surface area (Å²) in [6, 6.07) is 12.4. The Morgan fingerprint density at radius 2 is 1.76 bits per heavy atom. The molecule has 21 heavy (non-hydrogen) atoms. The molecule has 3 rings (SSSR count). The Bertz CT molecular complexity index is 707. The molecule has 0 saturated carbocycles. The summed E-state index contributed by atoms with van der Waals surface area (Å²) in [5.74, 6) is 0.629. The third-order valence-electron chi connectivity index (χ3n) is 4.00. The van der Waals surface area contributed by atoms with Gasteiger partial charge in [0.25, 0.3) is 0 Å². The molecule has 0 spiro atoms. The van der Waals surface area contributed by atoms with Gasteiger partial charge in [-0.2, -0.15) is 0 Å². The van der Waals surface area contributed by atoms with E-state index in [0.717, 1.165) is 16.9 Å². The monoisotopic (exact) mass is 280 g/mol. The third kappa shape index (κ3) is 2.35. The minimum Gasteiger partial charge on any atom is -0.426 e. The highest BCUT2D eigenvalue weighted by molar-refractivity contribution is 5.85. The molecule has 1 aliphatic rings. The molecule has 0 amide bonds. The number of carbonyl (C=O) groups excluding carboxylic acids is 1. The Balaban J connectivity index is 2.30. The first kappa shape index (κ1) is 13.9. The highest BCUT2D eigenvalue weighted by Crippen LogP contribution is 2.44. The summed E-state index contributed by atoms with van der Waals surface area (Å²) in [4.78, 5) is 11.7. The van der Waals surface area contributed by atoms with Crippen molar-refractivity contribution in [1.82, 2.24) is 0 Å². The van der Waals surface area contributed by atoms with E-state index >= 15 is 0 Å². The maximum atomic E-state index is 11.7. The van der Waals surface area contributed by atoms with Gasteiger partial charge in [0.15, 0.2) is 0 Å². The van der Waals surface area contributed by atoms with Crippen LogP contribution >= 0.6 is 0 Å². The smallest absolute Gasteiger partial charge is 0.315 e. The number of hydrogen-bond donors (Lipinski definition) is 0. The summed E-state index contributed by atoms with van der Waals surface area (Å²) in [5.41, 5.74) is 5.66. The summed E-state index contributed by atoms with van der Waals surface area (Å²) in [6.45, 7) is 8.61. The summed E-state index contributed by atoms with van der Waals surface area (Å²) < 4.78 is 5.50. The SMILES string of the molecule is Cc1c(-c2ccccc2)cc2c(c1C(C)(C)C)OC(=O)C2. The van der Waals surface area contributed by atoms with Crippen molar-refractivity contribution in [2.24, 2.45) is 0 Å². The molecule has 1 heterocycles. The molecule has 0 N–H and O–H groups in total. The van der Waals surface area contributed by atoms with Crippen molar-refractivity contribution in [1.29, 1.82) is 0 Å². The predicted molar refractivity (Wildman–Crippen MR) is 84.7 cm³/mol. The van der Waals surface area contributed by atoms with Crippen LogP contribution in [0.15, 0.2) is 36.4 Å². The molecule has 0 bridgehead atoms. The Morgan fingerprint density at radius 3 is 2.38 bits per heavy atom. The van der Waals surface area contributed by atoms with Crippen LogP contribution in [-0.4, -0.2) is 5.97 Å². The van der Waals surface area contributed by atoms with Gasteiger partial charge in [0, 0.05) is 11.1 Å². The van der Waals surface area contributed by atoms with Gasteiger partial charge >= 0.3 is 5.97 Å². The molecule has 2 aromatic rings. The molecule has 2 nitrogen and oxygen atoms in total. The molecule has 0 saturated heterocycles. The van der Waals surface area contributed by atoms with Crippen LogP contribution in [0.3, 0.4) is 0 Å². The van der Waals surface area contributed by atoms with Gasteiger partial charge in [-0.1, -0.05) is 51.1 Å². The van der Waals surface area contributed by atoms with Gasteiger partial charge in [0.1, 0.15) is 5.75 Å². The zero-order valence-corrected chi connectivity index (χ0v) is 13.0. The van der Waals surface area contributed by atoms with Crippen LogP contribution in [0.1, 0.15) is 37.5 Å². The molecule has 0 radical (unpaired) electrons. The summed E-state index contributed by atoms with van der Waals surface area (Å²) >= 11 is 0. The Morgan fingerprint density at radius 1 is 1.10 bits per heavy atom. The van der Waals surface area contributed by atoms with E-state index in [4.69, 9.17) is 4.74 Å². The Labute approximate surface area is 125 Å². The number of carbonyl (C=O) groups is 1. The van der Waals surface area contributed by atoms with E-state index in [2.05, 4.69) is 45.9 Å². The van der Waals surface area contributed by atoms with Crippen LogP contribution in [-0.2, 0) is 16.6 Å². The summed E-state index contributed by atoms with van der Waals surface area (Å²) in [7, 11) is 0. The number of ether oxygens (including phenoxy) is 1. The van der Waals surface area contributed by atoms with Crippen molar-refractivity contribution < 1.29 is 9.53 Å². The molecular weight excluding hydrogens is 260 g/mol. The van der Waals surface area contributed by atoms with Crippen molar-refractivity contribution in [2.75, 3.05) is 0 Å². The second-order valence-corrected chi connectivity index (χ2v) is 6.68. The predicted octanol–water partition coefficient (Wildman–Crippen LogP) is 4.42. The van der Waals surface area contributed by atoms with E-state index in [1.54, 1.807) is 0 Å². The maximum Gasteiger partial charge on any atom is 0.315 e. The van der Waals surface area contributed by atoms with Crippen molar-refractivity contribution in [3.8, 4) is 16.9 Å². The fourth-order valence-electron chi connectivity index (χ4n) is 3.19. The maximum absolute atomic E-state index is 11.7. The lowest BCUT2D eigenvalue weighted by atomic mass is 9.79. The first-order chi connectivity index (χ1) is 9.88. The van der Waals surface area contributed by atoms with E-state index in [9.17, 15) is 4.79 Å². The molecule has 0 unspecified atom stereocenters. The molecular formula is C19H20O2. The largest absolute Gasteiger partial charge is 0.426 e. The van der Waals surface area contributed by atoms with Crippen molar-refractivity contribution in [3.63, 3.8) is 0 Å². The highest BCUT2D eigenvalue weighted by Gasteiger charge is 2.31. The molecule has 0 aromatic heterocycles. The molecule has 2 aromatic carbocycles. The summed E-state index contributed by atoms with van der Waals surface area (Å²) in [6.07, 6.45) is 0.374. The minimum absolute atomic E-state index is 0.0659. The number of esters is 1. The van der Waals surface area contributed by atoms with Gasteiger partial charge < -0.3 is 4.74 Å². The third-order valence-corrected chi connectivity index (χ3v) is 4.00. The molecule has 0 atom stereocenters. The van der Waals surface area contributed by atoms with Crippen LogP contribution in [0.5, 0.6) is 5.75 Å². The van der Waals surface area contributed by atoms with Crippen LogP contribution < -0.4 is 4.74 Å². The highest BCUT2D eigenvalue weighted by atomic mass is 16.5. The second kappa shape index (κ2) is 4.73. The van der Waals surface area contributed by atoms with Crippen LogP contribution in [0.4, 0.5) is 0 Å². The Kier molecular flexibility index (Phi) is 3.12. The quantitative estimate of drug-likeness (QED) is 0.571. The summed E-state index contributed by atoms with van der Waals surface area (Å²) in [5, 5.41) is 0. The first-order valence-electron chi connectivity index (χ1n) is 7.31. The van der Waals surface area contributed by atoms with Gasteiger partial charge in [-0.25, -0.2) is 0 Å². The van der Waals surface area contributed by atoms with Gasteiger partial charge in [-0.05, 0) is 35.1 Å². The Hall–Kier alpha value is -2.09. The minimum atomic E-state index is -0.153. The zero-order chi connectivity index (χ0) is 15.2. The van der Waals surface area contributed by atoms with Crippen LogP contribution in [0.25, 0.3) is 11.1 Å². The van der Waals surface area contributed by atoms with Crippen molar-refractivity contribution in [2.45, 2.75) is 39.5 Å². The number of hydrogen-bond acceptors (Lipinski definition) is 2. The van der Waals surface area contributed by atoms with E-state index < -0.39 is 0 Å². The normalized spacial score (nSPS) is 14.0. The van der Waals surface area contributed by atoms with Crippen molar-refractivity contribution >= 4 is 5.97 Å². The topological polar surface area (TPSA) is 26.3 Å². The second-order valence-electron chi connectivity index (χ2n) is 6.68. The van der Waals surface area contributed by atoms with E-state index in [1.807, 2.05) is 18.2 Å². The fraction of sp³-hybridized carbons (Fsp3) is 0.316. The van der Waals surface area contributed by atoms with Gasteiger partial charge in [-0.15, -0.1) is 0 Å². The number of fused-ring (bicyclic) bond motifs is 1. The van der Waals surface area contributed by atoms with Gasteiger partial charge in [0.2, 0.25) is 0 Å². The van der Waals surface area contributed by atoms with E-state index in [-0.39, 0.29) is 11.4 Å². The number of benzene rings is 2. The van der Waals surface area contributed by atoms with Crippen molar-refractivity contribution in [3.05, 3.63) is 53.1 Å². The average molecular weight is 280 g/mol. The molecule has 108 valence electrons. The first-order valence-corrected chi connectivity index (χ1v) is 7.31. The lowest BCUT2D eigenvalue weighted by molar-refractivity contribution is -0.131. The van der Waals surface area contributed by atoms with Crippen LogP contribution in [0.2, 0.25) is 0 Å².